The van der Waals surface area contributed by atoms with E-state index >= 15 is 0 Å². The lowest BCUT2D eigenvalue weighted by Gasteiger charge is -2.28. The van der Waals surface area contributed by atoms with Crippen LogP contribution in [0, 0.1) is 6.92 Å². The molecule has 19 heavy (non-hydrogen) atoms. The van der Waals surface area contributed by atoms with Crippen molar-refractivity contribution in [2.75, 3.05) is 7.05 Å². The first-order valence-corrected chi connectivity index (χ1v) is 6.56. The maximum Gasteiger partial charge on any atom is 0.242 e. The van der Waals surface area contributed by atoms with Crippen LogP contribution in [0.3, 0.4) is 0 Å². The van der Waals surface area contributed by atoms with Gasteiger partial charge in [0.15, 0.2) is 0 Å². The van der Waals surface area contributed by atoms with Crippen LogP contribution in [-0.2, 0) is 16.1 Å². The van der Waals surface area contributed by atoms with E-state index in [2.05, 4.69) is 5.32 Å². The number of hydrogen-bond donors (Lipinski definition) is 1. The highest BCUT2D eigenvalue weighted by Gasteiger charge is 2.24. The Hall–Kier alpha value is -1.84. The monoisotopic (exact) mass is 262 g/mol. The van der Waals surface area contributed by atoms with Gasteiger partial charge in [-0.15, -0.1) is 0 Å². The van der Waals surface area contributed by atoms with Gasteiger partial charge in [0.1, 0.15) is 6.04 Å². The lowest BCUT2D eigenvalue weighted by atomic mass is 10.1. The van der Waals surface area contributed by atoms with Gasteiger partial charge in [-0.3, -0.25) is 9.59 Å². The van der Waals surface area contributed by atoms with E-state index in [0.29, 0.717) is 13.0 Å². The zero-order chi connectivity index (χ0) is 14.4. The highest BCUT2D eigenvalue weighted by molar-refractivity contribution is 5.87. The first-order chi connectivity index (χ1) is 8.99. The van der Waals surface area contributed by atoms with E-state index in [1.54, 1.807) is 25.8 Å². The first kappa shape index (κ1) is 15.2. The van der Waals surface area contributed by atoms with Gasteiger partial charge in [0, 0.05) is 20.0 Å². The molecule has 104 valence electrons. The van der Waals surface area contributed by atoms with Crippen LogP contribution in [0.25, 0.3) is 0 Å². The summed E-state index contributed by atoms with van der Waals surface area (Å²) in [6.07, 6.45) is 0.396. The van der Waals surface area contributed by atoms with Crippen LogP contribution in [0.2, 0.25) is 0 Å². The third-order valence-corrected chi connectivity index (χ3v) is 3.19. The molecule has 0 saturated carbocycles. The summed E-state index contributed by atoms with van der Waals surface area (Å²) in [5.74, 6) is -0.161. The van der Waals surface area contributed by atoms with E-state index < -0.39 is 6.04 Å². The molecule has 1 unspecified atom stereocenters. The molecule has 2 amide bonds. The normalized spacial score (nSPS) is 11.8. The third kappa shape index (κ3) is 4.09. The molecule has 0 bridgehead atoms. The molecule has 1 atom stereocenters. The summed E-state index contributed by atoms with van der Waals surface area (Å²) < 4.78 is 0. The summed E-state index contributed by atoms with van der Waals surface area (Å²) in [5, 5.41) is 2.59. The van der Waals surface area contributed by atoms with E-state index in [-0.39, 0.29) is 11.8 Å². The summed E-state index contributed by atoms with van der Waals surface area (Å²) in [5.41, 5.74) is 2.21. The van der Waals surface area contributed by atoms with Crippen molar-refractivity contribution in [3.05, 3.63) is 35.4 Å². The third-order valence-electron chi connectivity index (χ3n) is 3.19. The zero-order valence-corrected chi connectivity index (χ0v) is 12.1. The molecule has 0 radical (unpaired) electrons. The minimum Gasteiger partial charge on any atom is -0.357 e. The molecule has 0 saturated heterocycles. The second-order valence-electron chi connectivity index (χ2n) is 4.65. The molecule has 0 heterocycles. The average Bonchev–Trinajstić information content (AvgIpc) is 2.44. The van der Waals surface area contributed by atoms with Crippen molar-refractivity contribution in [3.63, 3.8) is 0 Å². The smallest absolute Gasteiger partial charge is 0.242 e. The number of nitrogens with zero attached hydrogens (tertiary/aromatic N) is 1. The van der Waals surface area contributed by atoms with Crippen molar-refractivity contribution in [2.45, 2.75) is 39.8 Å². The summed E-state index contributed by atoms with van der Waals surface area (Å²) in [6.45, 7) is 6.04. The number of rotatable bonds is 5. The maximum absolute atomic E-state index is 12.0. The summed E-state index contributed by atoms with van der Waals surface area (Å²) in [7, 11) is 1.58. The number of aryl methyl sites for hydroxylation is 1. The molecule has 0 aliphatic heterocycles. The summed E-state index contributed by atoms with van der Waals surface area (Å²) >= 11 is 0. The Labute approximate surface area is 114 Å². The molecule has 0 aliphatic carbocycles. The quantitative estimate of drug-likeness (QED) is 0.880. The fourth-order valence-corrected chi connectivity index (χ4v) is 1.88. The Bertz CT molecular complexity index is 440. The van der Waals surface area contributed by atoms with Gasteiger partial charge >= 0.3 is 0 Å². The Balaban J connectivity index is 2.89. The van der Waals surface area contributed by atoms with Gasteiger partial charge in [0.25, 0.3) is 0 Å². The topological polar surface area (TPSA) is 49.4 Å². The van der Waals surface area contributed by atoms with E-state index in [0.717, 1.165) is 5.56 Å². The van der Waals surface area contributed by atoms with E-state index in [1.165, 1.54) is 5.56 Å². The van der Waals surface area contributed by atoms with Crippen LogP contribution in [0.5, 0.6) is 0 Å². The van der Waals surface area contributed by atoms with Gasteiger partial charge in [0.05, 0.1) is 0 Å². The van der Waals surface area contributed by atoms with Gasteiger partial charge in [-0.25, -0.2) is 0 Å². The molecule has 4 heteroatoms. The highest BCUT2D eigenvalue weighted by Crippen LogP contribution is 2.11. The number of carbonyl (C=O) groups is 2. The van der Waals surface area contributed by atoms with Crippen LogP contribution in [0.1, 0.15) is 31.4 Å². The number of hydrogen-bond acceptors (Lipinski definition) is 2. The van der Waals surface area contributed by atoms with Crippen LogP contribution in [0.15, 0.2) is 24.3 Å². The standard InChI is InChI=1S/C15H22N2O2/c1-5-14(18)17(12(3)15(19)16-4)10-13-8-6-11(2)7-9-13/h6-9,12H,5,10H2,1-4H3,(H,16,19). The maximum atomic E-state index is 12.0. The molecule has 0 fully saturated rings. The average molecular weight is 262 g/mol. The highest BCUT2D eigenvalue weighted by atomic mass is 16.2. The van der Waals surface area contributed by atoms with Crippen molar-refractivity contribution in [3.8, 4) is 0 Å². The van der Waals surface area contributed by atoms with Gasteiger partial charge in [-0.2, -0.15) is 0 Å². The largest absolute Gasteiger partial charge is 0.357 e. The first-order valence-electron chi connectivity index (χ1n) is 6.56. The van der Waals surface area contributed by atoms with Crippen molar-refractivity contribution in [1.82, 2.24) is 10.2 Å². The molecule has 4 nitrogen and oxygen atoms in total. The molecule has 1 N–H and O–H groups in total. The molecule has 0 aromatic heterocycles. The fourth-order valence-electron chi connectivity index (χ4n) is 1.88. The van der Waals surface area contributed by atoms with E-state index in [1.807, 2.05) is 31.2 Å². The van der Waals surface area contributed by atoms with Gasteiger partial charge in [0.2, 0.25) is 11.8 Å². The lowest BCUT2D eigenvalue weighted by molar-refractivity contribution is -0.140. The van der Waals surface area contributed by atoms with Crippen molar-refractivity contribution < 1.29 is 9.59 Å². The SMILES string of the molecule is CCC(=O)N(Cc1ccc(C)cc1)C(C)C(=O)NC. The molecule has 1 aromatic rings. The molecule has 0 aliphatic rings. The number of nitrogens with one attached hydrogen (secondary N) is 1. The second kappa shape index (κ2) is 6.92. The Morgan fingerprint density at radius 3 is 2.32 bits per heavy atom. The number of benzene rings is 1. The van der Waals surface area contributed by atoms with Crippen LogP contribution < -0.4 is 5.32 Å². The number of likely N-dealkylation sites (N-methyl/N-ethyl adjacent to an activating group) is 1. The Morgan fingerprint density at radius 1 is 1.26 bits per heavy atom. The number of amides is 2. The predicted molar refractivity (Wildman–Crippen MR) is 75.5 cm³/mol. The zero-order valence-electron chi connectivity index (χ0n) is 12.1. The molecule has 0 spiro atoms. The second-order valence-corrected chi connectivity index (χ2v) is 4.65. The summed E-state index contributed by atoms with van der Waals surface area (Å²) in [4.78, 5) is 25.3. The molecular formula is C15H22N2O2. The number of carbonyl (C=O) groups excluding carboxylic acids is 2. The van der Waals surface area contributed by atoms with Gasteiger partial charge < -0.3 is 10.2 Å². The lowest BCUT2D eigenvalue weighted by Crippen LogP contribution is -2.46. The van der Waals surface area contributed by atoms with E-state index in [9.17, 15) is 9.59 Å². The predicted octanol–water partition coefficient (Wildman–Crippen LogP) is 1.87. The van der Waals surface area contributed by atoms with Crippen LogP contribution >= 0.6 is 0 Å². The minimum atomic E-state index is -0.459. The molecule has 1 rings (SSSR count). The Kier molecular flexibility index (Phi) is 5.55. The minimum absolute atomic E-state index is 0.0170. The fraction of sp³-hybridized carbons (Fsp3) is 0.467. The van der Waals surface area contributed by atoms with Crippen molar-refractivity contribution >= 4 is 11.8 Å². The summed E-state index contributed by atoms with van der Waals surface area (Å²) in [6, 6.07) is 7.53. The van der Waals surface area contributed by atoms with Gasteiger partial charge in [-0.1, -0.05) is 36.8 Å². The van der Waals surface area contributed by atoms with Crippen molar-refractivity contribution in [2.24, 2.45) is 0 Å². The molecule has 1 aromatic carbocycles. The van der Waals surface area contributed by atoms with Gasteiger partial charge in [-0.05, 0) is 19.4 Å². The van der Waals surface area contributed by atoms with Crippen LogP contribution in [-0.4, -0.2) is 29.8 Å². The van der Waals surface area contributed by atoms with Crippen molar-refractivity contribution in [1.29, 1.82) is 0 Å². The van der Waals surface area contributed by atoms with Crippen LogP contribution in [0.4, 0.5) is 0 Å². The van der Waals surface area contributed by atoms with E-state index in [4.69, 9.17) is 0 Å². The molecular weight excluding hydrogens is 240 g/mol. The Morgan fingerprint density at radius 2 is 1.84 bits per heavy atom.